The zero-order valence-electron chi connectivity index (χ0n) is 21.7. The molecule has 2 aliphatic rings. The summed E-state index contributed by atoms with van der Waals surface area (Å²) in [7, 11) is 0. The van der Waals surface area contributed by atoms with E-state index in [1.54, 1.807) is 31.3 Å². The second-order valence-electron chi connectivity index (χ2n) is 9.02. The summed E-state index contributed by atoms with van der Waals surface area (Å²) in [5, 5.41) is 9.88. The van der Waals surface area contributed by atoms with Gasteiger partial charge in [0.15, 0.2) is 0 Å². The summed E-state index contributed by atoms with van der Waals surface area (Å²) in [6.07, 6.45) is 7.31. The Balaban J connectivity index is 1.22. The van der Waals surface area contributed by atoms with Crippen LogP contribution in [-0.2, 0) is 14.3 Å². The van der Waals surface area contributed by atoms with Crippen LogP contribution in [0.4, 0.5) is 10.5 Å². The number of aromatic nitrogens is 1. The number of carbonyl (C=O) groups excluding carboxylic acids is 3. The lowest BCUT2D eigenvalue weighted by molar-refractivity contribution is -0.144. The van der Waals surface area contributed by atoms with Crippen LogP contribution >= 0.6 is 11.8 Å². The molecule has 39 heavy (non-hydrogen) atoms. The van der Waals surface area contributed by atoms with Crippen molar-refractivity contribution in [2.24, 2.45) is 9.98 Å². The number of ether oxygens (including phenoxy) is 2. The van der Waals surface area contributed by atoms with Gasteiger partial charge in [-0.15, -0.1) is 0 Å². The second kappa shape index (κ2) is 13.7. The molecule has 0 aliphatic carbocycles. The quantitative estimate of drug-likeness (QED) is 0.114. The molecule has 0 radical (unpaired) electrons. The molecule has 4 rings (SSSR count). The van der Waals surface area contributed by atoms with Crippen LogP contribution in [0.5, 0.6) is 5.75 Å². The number of hydrogen-bond acceptors (Lipinski definition) is 9. The number of benzene rings is 1. The first kappa shape index (κ1) is 28.1. The standard InChI is InChI=1S/C27H32N6O5S/c1-3-29-20(15-28-2)26(35)31-19-14-18(13-17-7-6-10-30-24(17)19)37-11-12-38-23(34)9-5-4-8-22-25-21(16-39-22)32-27(36)33-25/h3,6-7,10,13-15,21-22,25H,2,4-5,8-9,11-12,16H2,1H3,(H,31,35)(H2,32,33,36)/b20-15-,29-3-. The predicted octanol–water partition coefficient (Wildman–Crippen LogP) is 3.45. The Hall–Kier alpha value is -3.93. The second-order valence-corrected chi connectivity index (χ2v) is 10.3. The zero-order valence-corrected chi connectivity index (χ0v) is 22.5. The maximum Gasteiger partial charge on any atom is 0.315 e. The number of pyridine rings is 1. The SMILES string of the molecule is C=N/C=C(\N=C/C)C(=O)Nc1cc(OCCOC(=O)CCCCC2SCC3NC(=O)NC32)cc2cccnc12. The minimum Gasteiger partial charge on any atom is -0.490 e. The largest absolute Gasteiger partial charge is 0.490 e. The third-order valence-electron chi connectivity index (χ3n) is 6.31. The number of carbonyl (C=O) groups is 3. The number of aliphatic imine (C=N–C) groups is 2. The molecule has 2 fully saturated rings. The molecule has 2 aliphatic heterocycles. The fraction of sp³-hybridized carbons (Fsp3) is 0.407. The summed E-state index contributed by atoms with van der Waals surface area (Å²) >= 11 is 1.87. The van der Waals surface area contributed by atoms with E-state index in [0.717, 1.165) is 30.4 Å². The molecule has 2 aromatic rings. The summed E-state index contributed by atoms with van der Waals surface area (Å²) in [5.74, 6) is 0.688. The molecule has 0 spiro atoms. The van der Waals surface area contributed by atoms with Gasteiger partial charge in [-0.1, -0.05) is 12.5 Å². The van der Waals surface area contributed by atoms with Gasteiger partial charge in [0.1, 0.15) is 24.7 Å². The van der Waals surface area contributed by atoms with Crippen molar-refractivity contribution in [2.75, 3.05) is 24.3 Å². The summed E-state index contributed by atoms with van der Waals surface area (Å²) in [5.41, 5.74) is 1.14. The highest BCUT2D eigenvalue weighted by molar-refractivity contribution is 8.00. The molecular weight excluding hydrogens is 520 g/mol. The summed E-state index contributed by atoms with van der Waals surface area (Å²) < 4.78 is 11.1. The first-order valence-electron chi connectivity index (χ1n) is 12.8. The number of fused-ring (bicyclic) bond motifs is 2. The average Bonchev–Trinajstić information content (AvgIpc) is 3.48. The van der Waals surface area contributed by atoms with Crippen molar-refractivity contribution in [3.8, 4) is 5.75 Å². The molecular formula is C27H32N6O5S. The van der Waals surface area contributed by atoms with Gasteiger partial charge in [0, 0.05) is 41.3 Å². The van der Waals surface area contributed by atoms with Gasteiger partial charge in [0.2, 0.25) is 0 Å². The Kier molecular flexibility index (Phi) is 9.90. The minimum absolute atomic E-state index is 0.0866. The number of urea groups is 1. The number of nitrogens with one attached hydrogen (secondary N) is 3. The summed E-state index contributed by atoms with van der Waals surface area (Å²) in [6.45, 7) is 5.34. The highest BCUT2D eigenvalue weighted by atomic mass is 32.2. The van der Waals surface area contributed by atoms with E-state index in [2.05, 4.69) is 37.6 Å². The summed E-state index contributed by atoms with van der Waals surface area (Å²) in [6, 6.07) is 7.42. The van der Waals surface area contributed by atoms with E-state index < -0.39 is 5.91 Å². The number of amides is 3. The maximum atomic E-state index is 12.7. The van der Waals surface area contributed by atoms with Crippen LogP contribution in [0.1, 0.15) is 32.6 Å². The lowest BCUT2D eigenvalue weighted by Crippen LogP contribution is -2.36. The fourth-order valence-electron chi connectivity index (χ4n) is 4.55. The molecule has 3 unspecified atom stereocenters. The van der Waals surface area contributed by atoms with Gasteiger partial charge in [0.05, 0.1) is 29.5 Å². The molecule has 3 N–H and O–H groups in total. The highest BCUT2D eigenvalue weighted by Gasteiger charge is 2.42. The van der Waals surface area contributed by atoms with E-state index in [4.69, 9.17) is 9.47 Å². The molecule has 11 nitrogen and oxygen atoms in total. The van der Waals surface area contributed by atoms with Crippen LogP contribution in [-0.4, -0.2) is 72.1 Å². The lowest BCUT2D eigenvalue weighted by Gasteiger charge is -2.16. The van der Waals surface area contributed by atoms with Gasteiger partial charge >= 0.3 is 12.0 Å². The molecule has 0 bridgehead atoms. The van der Waals surface area contributed by atoms with E-state index >= 15 is 0 Å². The number of rotatable bonds is 13. The number of anilines is 1. The van der Waals surface area contributed by atoms with Gasteiger partial charge in [-0.05, 0) is 38.6 Å². The van der Waals surface area contributed by atoms with Crippen molar-refractivity contribution >= 4 is 59.2 Å². The third-order valence-corrected chi connectivity index (χ3v) is 7.82. The Morgan fingerprint density at radius 2 is 2.15 bits per heavy atom. The number of thioether (sulfide) groups is 1. The van der Waals surface area contributed by atoms with E-state index in [9.17, 15) is 14.4 Å². The monoisotopic (exact) mass is 552 g/mol. The van der Waals surface area contributed by atoms with E-state index in [1.807, 2.05) is 17.8 Å². The lowest BCUT2D eigenvalue weighted by atomic mass is 10.0. The minimum atomic E-state index is -0.463. The molecule has 0 saturated carbocycles. The number of unbranched alkanes of at least 4 members (excludes halogenated alkanes) is 1. The van der Waals surface area contributed by atoms with Gasteiger partial charge in [-0.2, -0.15) is 11.8 Å². The molecule has 206 valence electrons. The normalized spacial score (nSPS) is 20.4. The van der Waals surface area contributed by atoms with Crippen molar-refractivity contribution < 1.29 is 23.9 Å². The maximum absolute atomic E-state index is 12.7. The molecule has 1 aromatic heterocycles. The van der Waals surface area contributed by atoms with E-state index in [0.29, 0.717) is 28.6 Å². The number of nitrogens with zero attached hydrogens (tertiary/aromatic N) is 3. The first-order chi connectivity index (χ1) is 19.0. The average molecular weight is 553 g/mol. The molecule has 3 atom stereocenters. The van der Waals surface area contributed by atoms with Crippen LogP contribution in [0.15, 0.2) is 52.3 Å². The van der Waals surface area contributed by atoms with Crippen molar-refractivity contribution in [1.29, 1.82) is 0 Å². The Bertz CT molecular complexity index is 1280. The topological polar surface area (TPSA) is 143 Å². The van der Waals surface area contributed by atoms with Crippen molar-refractivity contribution in [3.05, 3.63) is 42.4 Å². The van der Waals surface area contributed by atoms with Crippen LogP contribution in [0.25, 0.3) is 10.9 Å². The van der Waals surface area contributed by atoms with E-state index in [-0.39, 0.29) is 43.0 Å². The van der Waals surface area contributed by atoms with Crippen LogP contribution < -0.4 is 20.7 Å². The van der Waals surface area contributed by atoms with Crippen molar-refractivity contribution in [3.63, 3.8) is 0 Å². The van der Waals surface area contributed by atoms with Crippen molar-refractivity contribution in [1.82, 2.24) is 15.6 Å². The highest BCUT2D eigenvalue weighted by Crippen LogP contribution is 2.33. The third kappa shape index (κ3) is 7.56. The van der Waals surface area contributed by atoms with Crippen LogP contribution in [0.3, 0.4) is 0 Å². The Morgan fingerprint density at radius 1 is 1.28 bits per heavy atom. The van der Waals surface area contributed by atoms with Gasteiger partial charge in [-0.25, -0.2) is 4.79 Å². The molecule has 3 heterocycles. The fourth-order valence-corrected chi connectivity index (χ4v) is 6.09. The van der Waals surface area contributed by atoms with Crippen LogP contribution in [0, 0.1) is 0 Å². The molecule has 3 amide bonds. The van der Waals surface area contributed by atoms with Gasteiger partial charge < -0.3 is 25.4 Å². The first-order valence-corrected chi connectivity index (χ1v) is 13.8. The summed E-state index contributed by atoms with van der Waals surface area (Å²) in [4.78, 5) is 48.4. The van der Waals surface area contributed by atoms with Gasteiger partial charge in [0.25, 0.3) is 5.91 Å². The Labute approximate surface area is 230 Å². The molecule has 1 aromatic carbocycles. The van der Waals surface area contributed by atoms with Gasteiger partial charge in [-0.3, -0.25) is 24.6 Å². The predicted molar refractivity (Wildman–Crippen MR) is 153 cm³/mol. The number of hydrogen-bond donors (Lipinski definition) is 3. The number of esters is 1. The molecule has 12 heteroatoms. The van der Waals surface area contributed by atoms with E-state index in [1.165, 1.54) is 12.4 Å². The smallest absolute Gasteiger partial charge is 0.315 e. The van der Waals surface area contributed by atoms with Crippen molar-refractivity contribution in [2.45, 2.75) is 49.9 Å². The molecule has 2 saturated heterocycles. The zero-order chi connectivity index (χ0) is 27.6. The van der Waals surface area contributed by atoms with Crippen LogP contribution in [0.2, 0.25) is 0 Å². The Morgan fingerprint density at radius 3 is 2.97 bits per heavy atom.